The zero-order valence-corrected chi connectivity index (χ0v) is 16.7. The topological polar surface area (TPSA) is 57.8 Å². The maximum absolute atomic E-state index is 5.32. The number of halogens is 1. The Morgan fingerprint density at radius 3 is 2.81 bits per heavy atom. The monoisotopic (exact) mass is 459 g/mol. The number of hydrogen-bond donors (Lipinski definition) is 0. The van der Waals surface area contributed by atoms with Gasteiger partial charge in [0.15, 0.2) is 0 Å². The minimum absolute atomic E-state index is 0.647. The summed E-state index contributed by atoms with van der Waals surface area (Å²) < 4.78 is 10.7. The fraction of sp³-hybridized carbons (Fsp3) is 0.211. The van der Waals surface area contributed by atoms with Crippen molar-refractivity contribution in [1.82, 2.24) is 24.1 Å². The third-order valence-electron chi connectivity index (χ3n) is 4.32. The number of pyridine rings is 1. The van der Waals surface area contributed by atoms with Gasteiger partial charge in [0, 0.05) is 28.1 Å². The molecule has 4 rings (SSSR count). The molecule has 1 aromatic carbocycles. The molecular weight excluding hydrogens is 441 g/mol. The first-order valence-corrected chi connectivity index (χ1v) is 9.41. The number of rotatable bonds is 5. The minimum Gasteiger partial charge on any atom is -0.481 e. The number of aryl methyl sites for hydroxylation is 1. The summed E-state index contributed by atoms with van der Waals surface area (Å²) in [7, 11) is 1.65. The molecule has 3 aromatic heterocycles. The molecule has 0 bridgehead atoms. The van der Waals surface area contributed by atoms with E-state index in [1.807, 2.05) is 17.0 Å². The van der Waals surface area contributed by atoms with E-state index in [9.17, 15) is 0 Å². The summed E-state index contributed by atoms with van der Waals surface area (Å²) in [6.07, 6.45) is 7.20. The number of nitrogens with zero attached hydrogens (tertiary/aromatic N) is 5. The van der Waals surface area contributed by atoms with Gasteiger partial charge in [-0.3, -0.25) is 9.55 Å². The molecule has 26 heavy (non-hydrogen) atoms. The number of aromatic nitrogens is 5. The van der Waals surface area contributed by atoms with Gasteiger partial charge < -0.3 is 9.30 Å². The summed E-state index contributed by atoms with van der Waals surface area (Å²) >= 11 is 2.33. The van der Waals surface area contributed by atoms with Crippen LogP contribution in [0.15, 0.2) is 49.2 Å². The van der Waals surface area contributed by atoms with Crippen LogP contribution in [0.2, 0.25) is 0 Å². The number of fused-ring (bicyclic) bond motifs is 1. The SMILES string of the molecule is CCn1c(-c2cncc(Cn3cncc3OC)c2)nc2ccc(I)cc21. The number of methoxy groups -OCH3 is 1. The summed E-state index contributed by atoms with van der Waals surface area (Å²) in [5, 5.41) is 0. The Balaban J connectivity index is 1.76. The van der Waals surface area contributed by atoms with E-state index in [4.69, 9.17) is 9.72 Å². The van der Waals surface area contributed by atoms with E-state index in [1.54, 1.807) is 19.6 Å². The zero-order valence-electron chi connectivity index (χ0n) is 14.6. The number of imidazole rings is 2. The maximum Gasteiger partial charge on any atom is 0.213 e. The van der Waals surface area contributed by atoms with Crippen LogP contribution in [0.25, 0.3) is 22.4 Å². The highest BCUT2D eigenvalue weighted by Gasteiger charge is 2.13. The molecule has 0 aliphatic rings. The lowest BCUT2D eigenvalue weighted by atomic mass is 10.2. The van der Waals surface area contributed by atoms with Crippen LogP contribution in [-0.2, 0) is 13.1 Å². The molecule has 0 saturated carbocycles. The second-order valence-electron chi connectivity index (χ2n) is 5.96. The van der Waals surface area contributed by atoms with Crippen molar-refractivity contribution < 1.29 is 4.74 Å². The average Bonchev–Trinajstić information content (AvgIpc) is 3.25. The molecule has 0 saturated heterocycles. The van der Waals surface area contributed by atoms with Crippen molar-refractivity contribution in [3.05, 3.63) is 58.3 Å². The fourth-order valence-electron chi connectivity index (χ4n) is 3.13. The molecule has 4 aromatic rings. The lowest BCUT2D eigenvalue weighted by Gasteiger charge is -2.09. The predicted octanol–water partition coefficient (Wildman–Crippen LogP) is 3.98. The Bertz CT molecular complexity index is 1070. The Hall–Kier alpha value is -2.42. The fourth-order valence-corrected chi connectivity index (χ4v) is 3.60. The molecule has 7 heteroatoms. The third kappa shape index (κ3) is 3.07. The molecule has 0 aliphatic heterocycles. The van der Waals surface area contributed by atoms with Crippen molar-refractivity contribution in [2.24, 2.45) is 0 Å². The van der Waals surface area contributed by atoms with Crippen LogP contribution in [0.5, 0.6) is 5.88 Å². The Morgan fingerprint density at radius 1 is 1.12 bits per heavy atom. The van der Waals surface area contributed by atoms with Crippen LogP contribution < -0.4 is 4.74 Å². The van der Waals surface area contributed by atoms with Crippen molar-refractivity contribution >= 4 is 33.6 Å². The summed E-state index contributed by atoms with van der Waals surface area (Å²) in [5.74, 6) is 1.67. The molecule has 0 spiro atoms. The lowest BCUT2D eigenvalue weighted by Crippen LogP contribution is -2.03. The van der Waals surface area contributed by atoms with Gasteiger partial charge in [-0.1, -0.05) is 0 Å². The van der Waals surface area contributed by atoms with Crippen LogP contribution >= 0.6 is 22.6 Å². The molecular formula is C19H18IN5O. The Morgan fingerprint density at radius 2 is 2.00 bits per heavy atom. The van der Waals surface area contributed by atoms with Gasteiger partial charge in [-0.05, 0) is 59.3 Å². The highest BCUT2D eigenvalue weighted by molar-refractivity contribution is 14.1. The first-order valence-electron chi connectivity index (χ1n) is 8.33. The highest BCUT2D eigenvalue weighted by atomic mass is 127. The second kappa shape index (κ2) is 7.06. The minimum atomic E-state index is 0.647. The maximum atomic E-state index is 5.32. The number of benzene rings is 1. The van der Waals surface area contributed by atoms with Crippen LogP contribution in [0.1, 0.15) is 12.5 Å². The molecule has 0 radical (unpaired) electrons. The molecule has 132 valence electrons. The Labute approximate surface area is 165 Å². The molecule has 0 amide bonds. The molecule has 0 fully saturated rings. The normalized spacial score (nSPS) is 11.2. The van der Waals surface area contributed by atoms with E-state index in [-0.39, 0.29) is 0 Å². The standard InChI is InChI=1S/C19H18IN5O/c1-3-25-17-7-15(20)4-5-16(17)23-19(25)14-6-13(8-21-9-14)11-24-12-22-10-18(24)26-2/h4-10,12H,3,11H2,1-2H3. The summed E-state index contributed by atoms with van der Waals surface area (Å²) in [6, 6.07) is 8.45. The van der Waals surface area contributed by atoms with Crippen molar-refractivity contribution in [3.8, 4) is 17.3 Å². The molecule has 0 aliphatic carbocycles. The van der Waals surface area contributed by atoms with Crippen LogP contribution in [0.3, 0.4) is 0 Å². The van der Waals surface area contributed by atoms with E-state index >= 15 is 0 Å². The van der Waals surface area contributed by atoms with Gasteiger partial charge in [0.25, 0.3) is 0 Å². The first-order chi connectivity index (χ1) is 12.7. The van der Waals surface area contributed by atoms with Crippen molar-refractivity contribution in [3.63, 3.8) is 0 Å². The van der Waals surface area contributed by atoms with E-state index in [2.05, 4.69) is 68.3 Å². The van der Waals surface area contributed by atoms with Crippen molar-refractivity contribution in [2.75, 3.05) is 7.11 Å². The highest BCUT2D eigenvalue weighted by Crippen LogP contribution is 2.26. The van der Waals surface area contributed by atoms with Crippen LogP contribution in [0.4, 0.5) is 0 Å². The molecule has 0 atom stereocenters. The van der Waals surface area contributed by atoms with E-state index in [0.29, 0.717) is 6.54 Å². The number of ether oxygens (including phenoxy) is 1. The summed E-state index contributed by atoms with van der Waals surface area (Å²) in [4.78, 5) is 13.4. The average molecular weight is 459 g/mol. The van der Waals surface area contributed by atoms with Crippen molar-refractivity contribution in [2.45, 2.75) is 20.0 Å². The largest absolute Gasteiger partial charge is 0.481 e. The van der Waals surface area contributed by atoms with E-state index in [0.717, 1.165) is 40.4 Å². The first kappa shape index (κ1) is 17.0. The van der Waals surface area contributed by atoms with E-state index in [1.165, 1.54) is 3.57 Å². The molecule has 3 heterocycles. The van der Waals surface area contributed by atoms with Gasteiger partial charge in [0.05, 0.1) is 37.2 Å². The van der Waals surface area contributed by atoms with Crippen LogP contribution in [0, 0.1) is 3.57 Å². The van der Waals surface area contributed by atoms with Gasteiger partial charge in [-0.15, -0.1) is 0 Å². The van der Waals surface area contributed by atoms with Gasteiger partial charge >= 0.3 is 0 Å². The smallest absolute Gasteiger partial charge is 0.213 e. The van der Waals surface area contributed by atoms with Gasteiger partial charge in [-0.2, -0.15) is 0 Å². The van der Waals surface area contributed by atoms with Gasteiger partial charge in [0.1, 0.15) is 5.82 Å². The van der Waals surface area contributed by atoms with Crippen molar-refractivity contribution in [1.29, 1.82) is 0 Å². The quantitative estimate of drug-likeness (QED) is 0.424. The van der Waals surface area contributed by atoms with Crippen LogP contribution in [-0.4, -0.2) is 31.2 Å². The van der Waals surface area contributed by atoms with E-state index < -0.39 is 0 Å². The van der Waals surface area contributed by atoms with Gasteiger partial charge in [-0.25, -0.2) is 9.97 Å². The summed E-state index contributed by atoms with van der Waals surface area (Å²) in [6.45, 7) is 3.64. The molecule has 6 nitrogen and oxygen atoms in total. The molecule has 0 unspecified atom stereocenters. The predicted molar refractivity (Wildman–Crippen MR) is 109 cm³/mol. The molecule has 0 N–H and O–H groups in total. The third-order valence-corrected chi connectivity index (χ3v) is 4.99. The van der Waals surface area contributed by atoms with Gasteiger partial charge in [0.2, 0.25) is 5.88 Å². The lowest BCUT2D eigenvalue weighted by molar-refractivity contribution is 0.377. The second-order valence-corrected chi connectivity index (χ2v) is 7.20. The Kier molecular flexibility index (Phi) is 4.62. The number of hydrogen-bond acceptors (Lipinski definition) is 4. The zero-order chi connectivity index (χ0) is 18.1. The summed E-state index contributed by atoms with van der Waals surface area (Å²) in [5.41, 5.74) is 4.23.